The van der Waals surface area contributed by atoms with Crippen LogP contribution in [0.5, 0.6) is 0 Å². The summed E-state index contributed by atoms with van der Waals surface area (Å²) in [5.74, 6) is -0.126. The van der Waals surface area contributed by atoms with Gasteiger partial charge in [-0.2, -0.15) is 0 Å². The van der Waals surface area contributed by atoms with Crippen LogP contribution in [0.4, 0.5) is 0 Å². The maximum absolute atomic E-state index is 12.2. The Kier molecular flexibility index (Phi) is 4.24. The summed E-state index contributed by atoms with van der Waals surface area (Å²) in [5.41, 5.74) is 6.70. The van der Waals surface area contributed by atoms with Gasteiger partial charge in [-0.3, -0.25) is 0 Å². The van der Waals surface area contributed by atoms with Crippen molar-refractivity contribution < 1.29 is 8.42 Å². The van der Waals surface area contributed by atoms with Gasteiger partial charge in [0.15, 0.2) is 9.84 Å². The highest BCUT2D eigenvalue weighted by molar-refractivity contribution is 7.91. The van der Waals surface area contributed by atoms with Crippen molar-refractivity contribution in [2.24, 2.45) is 5.73 Å². The molecule has 0 heterocycles. The molecular formula is C14H14ClNO2S. The first-order valence-corrected chi connectivity index (χ1v) is 7.81. The van der Waals surface area contributed by atoms with Crippen LogP contribution in [0.3, 0.4) is 0 Å². The molecule has 0 aliphatic rings. The Morgan fingerprint density at radius 3 is 2.16 bits per heavy atom. The first kappa shape index (κ1) is 14.1. The molecule has 5 heteroatoms. The average molecular weight is 296 g/mol. The quantitative estimate of drug-likeness (QED) is 0.943. The van der Waals surface area contributed by atoms with Crippen LogP contribution in [0.2, 0.25) is 5.02 Å². The van der Waals surface area contributed by atoms with Gasteiger partial charge in [-0.05, 0) is 29.8 Å². The van der Waals surface area contributed by atoms with Crippen molar-refractivity contribution in [1.29, 1.82) is 0 Å². The summed E-state index contributed by atoms with van der Waals surface area (Å²) >= 11 is 5.79. The lowest BCUT2D eigenvalue weighted by molar-refractivity contribution is 0.589. The number of sulfone groups is 1. The molecule has 2 rings (SSSR count). The maximum Gasteiger partial charge on any atom is 0.180 e. The van der Waals surface area contributed by atoms with Gasteiger partial charge >= 0.3 is 0 Å². The predicted octanol–water partition coefficient (Wildman–Crippen LogP) is 2.81. The van der Waals surface area contributed by atoms with Crippen molar-refractivity contribution in [3.8, 4) is 0 Å². The molecule has 2 aromatic rings. The Labute approximate surface area is 117 Å². The second-order valence-electron chi connectivity index (χ2n) is 4.25. The standard InChI is InChI=1S/C14H14ClNO2S/c15-12-8-6-11(7-9-12)14(16)10-19(17,18)13-4-2-1-3-5-13/h1-9,14H,10,16H2. The van der Waals surface area contributed by atoms with E-state index in [1.54, 1.807) is 54.6 Å². The molecule has 0 aromatic heterocycles. The molecule has 3 nitrogen and oxygen atoms in total. The van der Waals surface area contributed by atoms with Crippen molar-refractivity contribution in [2.45, 2.75) is 10.9 Å². The zero-order valence-electron chi connectivity index (χ0n) is 10.2. The molecule has 100 valence electrons. The number of hydrogen-bond donors (Lipinski definition) is 1. The summed E-state index contributed by atoms with van der Waals surface area (Å²) in [6.07, 6.45) is 0. The van der Waals surface area contributed by atoms with Gasteiger partial charge in [0.25, 0.3) is 0 Å². The highest BCUT2D eigenvalue weighted by Gasteiger charge is 2.19. The van der Waals surface area contributed by atoms with Gasteiger partial charge in [0.2, 0.25) is 0 Å². The van der Waals surface area contributed by atoms with Gasteiger partial charge in [-0.25, -0.2) is 8.42 Å². The van der Waals surface area contributed by atoms with E-state index in [-0.39, 0.29) is 5.75 Å². The normalized spacial score (nSPS) is 13.2. The molecule has 0 radical (unpaired) electrons. The molecule has 0 saturated carbocycles. The first-order chi connectivity index (χ1) is 8.99. The number of halogens is 1. The molecule has 0 amide bonds. The van der Waals surface area contributed by atoms with Crippen molar-refractivity contribution in [2.75, 3.05) is 5.75 Å². The molecule has 0 fully saturated rings. The monoisotopic (exact) mass is 295 g/mol. The summed E-state index contributed by atoms with van der Waals surface area (Å²) in [6.45, 7) is 0. The first-order valence-electron chi connectivity index (χ1n) is 5.78. The van der Waals surface area contributed by atoms with E-state index < -0.39 is 15.9 Å². The zero-order chi connectivity index (χ0) is 13.9. The topological polar surface area (TPSA) is 60.2 Å². The molecule has 0 spiro atoms. The smallest absolute Gasteiger partial charge is 0.180 e. The van der Waals surface area contributed by atoms with E-state index >= 15 is 0 Å². The minimum absolute atomic E-state index is 0.126. The minimum atomic E-state index is -3.38. The van der Waals surface area contributed by atoms with Crippen LogP contribution in [-0.4, -0.2) is 14.2 Å². The van der Waals surface area contributed by atoms with Gasteiger partial charge in [0, 0.05) is 11.1 Å². The third kappa shape index (κ3) is 3.56. The Hall–Kier alpha value is -1.36. The third-order valence-corrected chi connectivity index (χ3v) is 4.84. The second-order valence-corrected chi connectivity index (χ2v) is 6.72. The van der Waals surface area contributed by atoms with E-state index in [1.165, 1.54) is 0 Å². The van der Waals surface area contributed by atoms with Crippen LogP contribution in [0.1, 0.15) is 11.6 Å². The molecule has 1 unspecified atom stereocenters. The summed E-state index contributed by atoms with van der Waals surface area (Å²) in [6, 6.07) is 14.6. The average Bonchev–Trinajstić information content (AvgIpc) is 2.40. The number of nitrogens with two attached hydrogens (primary N) is 1. The Balaban J connectivity index is 2.19. The van der Waals surface area contributed by atoms with Crippen LogP contribution in [0, 0.1) is 0 Å². The SMILES string of the molecule is NC(CS(=O)(=O)c1ccccc1)c1ccc(Cl)cc1. The van der Waals surface area contributed by atoms with Crippen LogP contribution in [0.15, 0.2) is 59.5 Å². The molecule has 0 aliphatic heterocycles. The molecular weight excluding hydrogens is 282 g/mol. The predicted molar refractivity (Wildman–Crippen MR) is 76.9 cm³/mol. The van der Waals surface area contributed by atoms with E-state index in [9.17, 15) is 8.42 Å². The number of hydrogen-bond acceptors (Lipinski definition) is 3. The van der Waals surface area contributed by atoms with Crippen molar-refractivity contribution in [1.82, 2.24) is 0 Å². The van der Waals surface area contributed by atoms with E-state index in [0.717, 1.165) is 5.56 Å². The lowest BCUT2D eigenvalue weighted by Crippen LogP contribution is -2.21. The van der Waals surface area contributed by atoms with E-state index in [2.05, 4.69) is 0 Å². The maximum atomic E-state index is 12.2. The summed E-state index contributed by atoms with van der Waals surface area (Å²) in [4.78, 5) is 0.291. The van der Waals surface area contributed by atoms with Gasteiger partial charge < -0.3 is 5.73 Å². The molecule has 2 aromatic carbocycles. The molecule has 0 saturated heterocycles. The number of benzene rings is 2. The van der Waals surface area contributed by atoms with Gasteiger partial charge in [0.05, 0.1) is 10.6 Å². The fourth-order valence-electron chi connectivity index (χ4n) is 1.77. The Morgan fingerprint density at radius 2 is 1.58 bits per heavy atom. The number of rotatable bonds is 4. The Morgan fingerprint density at radius 1 is 1.00 bits per heavy atom. The van der Waals surface area contributed by atoms with E-state index in [1.807, 2.05) is 0 Å². The largest absolute Gasteiger partial charge is 0.323 e. The molecule has 19 heavy (non-hydrogen) atoms. The van der Waals surface area contributed by atoms with Crippen LogP contribution in [-0.2, 0) is 9.84 Å². The third-order valence-electron chi connectivity index (χ3n) is 2.80. The van der Waals surface area contributed by atoms with Crippen molar-refractivity contribution in [3.05, 3.63) is 65.2 Å². The molecule has 1 atom stereocenters. The lowest BCUT2D eigenvalue weighted by atomic mass is 10.1. The minimum Gasteiger partial charge on any atom is -0.323 e. The van der Waals surface area contributed by atoms with E-state index in [4.69, 9.17) is 17.3 Å². The molecule has 0 bridgehead atoms. The summed E-state index contributed by atoms with van der Waals surface area (Å²) < 4.78 is 24.4. The fraction of sp³-hybridized carbons (Fsp3) is 0.143. The summed E-state index contributed by atoms with van der Waals surface area (Å²) in [5, 5.41) is 0.599. The second kappa shape index (κ2) is 5.74. The van der Waals surface area contributed by atoms with Crippen molar-refractivity contribution >= 4 is 21.4 Å². The zero-order valence-corrected chi connectivity index (χ0v) is 11.7. The van der Waals surface area contributed by atoms with Gasteiger partial charge in [-0.15, -0.1) is 0 Å². The van der Waals surface area contributed by atoms with Crippen LogP contribution in [0.25, 0.3) is 0 Å². The molecule has 0 aliphatic carbocycles. The highest BCUT2D eigenvalue weighted by Crippen LogP contribution is 2.19. The van der Waals surface area contributed by atoms with Gasteiger partial charge in [-0.1, -0.05) is 41.9 Å². The lowest BCUT2D eigenvalue weighted by Gasteiger charge is -2.12. The van der Waals surface area contributed by atoms with Crippen LogP contribution < -0.4 is 5.73 Å². The van der Waals surface area contributed by atoms with Crippen molar-refractivity contribution in [3.63, 3.8) is 0 Å². The summed E-state index contributed by atoms with van der Waals surface area (Å²) in [7, 11) is -3.38. The van der Waals surface area contributed by atoms with E-state index in [0.29, 0.717) is 9.92 Å². The Bertz CT molecular complexity index is 639. The molecule has 2 N–H and O–H groups in total. The highest BCUT2D eigenvalue weighted by atomic mass is 35.5. The fourth-order valence-corrected chi connectivity index (χ4v) is 3.32. The van der Waals surface area contributed by atoms with Crippen LogP contribution >= 0.6 is 11.6 Å². The van der Waals surface area contributed by atoms with Gasteiger partial charge in [0.1, 0.15) is 0 Å².